The second-order valence-corrected chi connectivity index (χ2v) is 4.54. The van der Waals surface area contributed by atoms with Crippen LogP contribution in [-0.4, -0.2) is 19.3 Å². The first-order valence-electron chi connectivity index (χ1n) is 5.05. The molecule has 1 fully saturated rings. The van der Waals surface area contributed by atoms with Gasteiger partial charge >= 0.3 is 0 Å². The van der Waals surface area contributed by atoms with Crippen LogP contribution in [0.2, 0.25) is 0 Å². The Labute approximate surface area is 97.7 Å². The first-order valence-corrected chi connectivity index (χ1v) is 5.84. The van der Waals surface area contributed by atoms with Gasteiger partial charge in [-0.15, -0.1) is 0 Å². The Morgan fingerprint density at radius 1 is 1.53 bits per heavy atom. The number of halogens is 1. The molecular weight excluding hydrogens is 258 g/mol. The van der Waals surface area contributed by atoms with Crippen LogP contribution in [0.5, 0.6) is 5.75 Å². The molecular formula is C11H14BrNO2. The maximum atomic E-state index is 5.81. The zero-order valence-electron chi connectivity index (χ0n) is 8.41. The van der Waals surface area contributed by atoms with Gasteiger partial charge < -0.3 is 15.2 Å². The van der Waals surface area contributed by atoms with Gasteiger partial charge in [-0.25, -0.2) is 0 Å². The van der Waals surface area contributed by atoms with Crippen LogP contribution < -0.4 is 10.5 Å². The number of ether oxygens (including phenoxy) is 2. The third-order valence-corrected chi connectivity index (χ3v) is 2.91. The summed E-state index contributed by atoms with van der Waals surface area (Å²) in [6.45, 7) is 1.44. The first-order chi connectivity index (χ1) is 7.25. The van der Waals surface area contributed by atoms with Crippen LogP contribution >= 0.6 is 15.9 Å². The van der Waals surface area contributed by atoms with Gasteiger partial charge in [-0.05, 0) is 31.0 Å². The summed E-state index contributed by atoms with van der Waals surface area (Å²) >= 11 is 3.35. The first kappa shape index (κ1) is 10.8. The fourth-order valence-corrected chi connectivity index (χ4v) is 1.99. The van der Waals surface area contributed by atoms with Gasteiger partial charge in [0, 0.05) is 11.1 Å². The van der Waals surface area contributed by atoms with Gasteiger partial charge in [-0.3, -0.25) is 0 Å². The highest BCUT2D eigenvalue weighted by molar-refractivity contribution is 9.10. The van der Waals surface area contributed by atoms with E-state index in [1.807, 2.05) is 18.2 Å². The monoisotopic (exact) mass is 271 g/mol. The lowest BCUT2D eigenvalue weighted by Gasteiger charge is -2.12. The maximum Gasteiger partial charge on any atom is 0.142 e. The van der Waals surface area contributed by atoms with Crippen molar-refractivity contribution in [2.75, 3.05) is 18.9 Å². The van der Waals surface area contributed by atoms with E-state index < -0.39 is 0 Å². The molecule has 1 heterocycles. The molecule has 1 aliphatic heterocycles. The predicted octanol–water partition coefficient (Wildman–Crippen LogP) is 2.59. The third-order valence-electron chi connectivity index (χ3n) is 2.42. The van der Waals surface area contributed by atoms with Crippen molar-refractivity contribution in [3.05, 3.63) is 22.7 Å². The van der Waals surface area contributed by atoms with E-state index in [9.17, 15) is 0 Å². The smallest absolute Gasteiger partial charge is 0.142 e. The number of nitrogens with two attached hydrogens (primary N) is 1. The van der Waals surface area contributed by atoms with Crippen molar-refractivity contribution in [3.63, 3.8) is 0 Å². The molecule has 1 saturated heterocycles. The highest BCUT2D eigenvalue weighted by atomic mass is 79.9. The summed E-state index contributed by atoms with van der Waals surface area (Å²) in [6.07, 6.45) is 2.44. The molecule has 4 heteroatoms. The summed E-state index contributed by atoms with van der Waals surface area (Å²) in [4.78, 5) is 0. The topological polar surface area (TPSA) is 44.5 Å². The van der Waals surface area contributed by atoms with Crippen molar-refractivity contribution in [1.82, 2.24) is 0 Å². The van der Waals surface area contributed by atoms with Crippen molar-refractivity contribution in [2.24, 2.45) is 0 Å². The number of hydrogen-bond donors (Lipinski definition) is 1. The molecule has 0 unspecified atom stereocenters. The molecule has 82 valence electrons. The molecule has 3 nitrogen and oxygen atoms in total. The number of anilines is 1. The molecule has 0 aromatic heterocycles. The summed E-state index contributed by atoms with van der Waals surface area (Å²) in [5, 5.41) is 0. The van der Waals surface area contributed by atoms with E-state index in [0.717, 1.165) is 29.7 Å². The second kappa shape index (κ2) is 4.86. The molecule has 1 aromatic rings. The standard InChI is InChI=1S/C11H14BrNO2/c12-8-3-4-11(10(13)6-8)15-7-9-2-1-5-14-9/h3-4,6,9H,1-2,5,7,13H2/t9-/m1/s1. The van der Waals surface area contributed by atoms with Gasteiger partial charge in [0.25, 0.3) is 0 Å². The molecule has 1 aliphatic rings. The fourth-order valence-electron chi connectivity index (χ4n) is 1.61. The van der Waals surface area contributed by atoms with Crippen LogP contribution in [0.1, 0.15) is 12.8 Å². The SMILES string of the molecule is Nc1cc(Br)ccc1OC[C@H]1CCCO1. The van der Waals surface area contributed by atoms with Gasteiger partial charge in [0.05, 0.1) is 11.8 Å². The van der Waals surface area contributed by atoms with E-state index in [4.69, 9.17) is 15.2 Å². The van der Waals surface area contributed by atoms with E-state index in [1.165, 1.54) is 0 Å². The van der Waals surface area contributed by atoms with E-state index >= 15 is 0 Å². The molecule has 0 saturated carbocycles. The van der Waals surface area contributed by atoms with Gasteiger partial charge in [0.1, 0.15) is 12.4 Å². The quantitative estimate of drug-likeness (QED) is 0.860. The lowest BCUT2D eigenvalue weighted by Crippen LogP contribution is -2.16. The van der Waals surface area contributed by atoms with Gasteiger partial charge in [-0.1, -0.05) is 15.9 Å². The zero-order chi connectivity index (χ0) is 10.7. The fraction of sp³-hybridized carbons (Fsp3) is 0.455. The highest BCUT2D eigenvalue weighted by Gasteiger charge is 2.16. The van der Waals surface area contributed by atoms with Crippen LogP contribution in [0.4, 0.5) is 5.69 Å². The van der Waals surface area contributed by atoms with Crippen LogP contribution in [0.15, 0.2) is 22.7 Å². The van der Waals surface area contributed by atoms with Gasteiger partial charge in [-0.2, -0.15) is 0 Å². The van der Waals surface area contributed by atoms with Crippen molar-refractivity contribution < 1.29 is 9.47 Å². The number of hydrogen-bond acceptors (Lipinski definition) is 3. The van der Waals surface area contributed by atoms with Crippen molar-refractivity contribution in [2.45, 2.75) is 18.9 Å². The largest absolute Gasteiger partial charge is 0.489 e. The minimum atomic E-state index is 0.230. The Morgan fingerprint density at radius 2 is 2.40 bits per heavy atom. The second-order valence-electron chi connectivity index (χ2n) is 3.63. The van der Waals surface area contributed by atoms with Crippen LogP contribution in [0, 0.1) is 0 Å². The van der Waals surface area contributed by atoms with Crippen molar-refractivity contribution in [1.29, 1.82) is 0 Å². The average molecular weight is 272 g/mol. The third kappa shape index (κ3) is 2.86. The summed E-state index contributed by atoms with van der Waals surface area (Å²) in [5.74, 6) is 0.730. The predicted molar refractivity (Wildman–Crippen MR) is 63.0 cm³/mol. The molecule has 0 amide bonds. The molecule has 15 heavy (non-hydrogen) atoms. The van der Waals surface area contributed by atoms with E-state index in [1.54, 1.807) is 0 Å². The Hall–Kier alpha value is -0.740. The van der Waals surface area contributed by atoms with Crippen molar-refractivity contribution in [3.8, 4) is 5.75 Å². The van der Waals surface area contributed by atoms with Crippen LogP contribution in [0.25, 0.3) is 0 Å². The summed E-state index contributed by atoms with van der Waals surface area (Å²) in [6, 6.07) is 5.63. The Bertz CT molecular complexity index is 337. The number of rotatable bonds is 3. The Morgan fingerprint density at radius 3 is 3.07 bits per heavy atom. The normalized spacial score (nSPS) is 20.5. The minimum Gasteiger partial charge on any atom is -0.489 e. The van der Waals surface area contributed by atoms with Crippen molar-refractivity contribution >= 4 is 21.6 Å². The van der Waals surface area contributed by atoms with Gasteiger partial charge in [0.2, 0.25) is 0 Å². The lowest BCUT2D eigenvalue weighted by atomic mass is 10.2. The molecule has 0 aliphatic carbocycles. The summed E-state index contributed by atoms with van der Waals surface area (Å²) in [7, 11) is 0. The number of benzene rings is 1. The molecule has 0 radical (unpaired) electrons. The minimum absolute atomic E-state index is 0.230. The van der Waals surface area contributed by atoms with E-state index in [-0.39, 0.29) is 6.10 Å². The van der Waals surface area contributed by atoms with Gasteiger partial charge in [0.15, 0.2) is 0 Å². The molecule has 2 rings (SSSR count). The zero-order valence-corrected chi connectivity index (χ0v) is 10.00. The highest BCUT2D eigenvalue weighted by Crippen LogP contribution is 2.26. The van der Waals surface area contributed by atoms with E-state index in [2.05, 4.69) is 15.9 Å². The Kier molecular flexibility index (Phi) is 3.49. The molecule has 0 bridgehead atoms. The molecule has 0 spiro atoms. The molecule has 1 aromatic carbocycles. The van der Waals surface area contributed by atoms with E-state index in [0.29, 0.717) is 12.3 Å². The lowest BCUT2D eigenvalue weighted by molar-refractivity contribution is 0.0682. The Balaban J connectivity index is 1.92. The number of nitrogen functional groups attached to an aromatic ring is 1. The molecule has 2 N–H and O–H groups in total. The average Bonchev–Trinajstić information content (AvgIpc) is 2.69. The van der Waals surface area contributed by atoms with Crippen LogP contribution in [0.3, 0.4) is 0 Å². The van der Waals surface area contributed by atoms with Crippen LogP contribution in [-0.2, 0) is 4.74 Å². The maximum absolute atomic E-state index is 5.81. The summed E-state index contributed by atoms with van der Waals surface area (Å²) < 4.78 is 12.0. The summed E-state index contributed by atoms with van der Waals surface area (Å²) in [5.41, 5.74) is 6.47. The molecule has 1 atom stereocenters.